The molecule has 0 aliphatic heterocycles. The molecule has 1 rings (SSSR count). The first-order valence-electron chi connectivity index (χ1n) is 8.24. The SMILES string of the molecule is CCN[C@H](C)CNC(=O)C(NC(=O)c1ccccc1C)C(C)C. The molecule has 5 heteroatoms. The number of amides is 2. The highest BCUT2D eigenvalue weighted by molar-refractivity contribution is 5.98. The summed E-state index contributed by atoms with van der Waals surface area (Å²) in [6.45, 7) is 11.2. The lowest BCUT2D eigenvalue weighted by Gasteiger charge is -2.23. The number of nitrogens with one attached hydrogen (secondary N) is 3. The summed E-state index contributed by atoms with van der Waals surface area (Å²) in [4.78, 5) is 24.8. The second-order valence-electron chi connectivity index (χ2n) is 6.21. The molecule has 0 heterocycles. The summed E-state index contributed by atoms with van der Waals surface area (Å²) in [5, 5.41) is 9.00. The van der Waals surface area contributed by atoms with Crippen LogP contribution in [0.3, 0.4) is 0 Å². The topological polar surface area (TPSA) is 70.2 Å². The number of benzene rings is 1. The molecule has 0 aliphatic rings. The average Bonchev–Trinajstić information content (AvgIpc) is 2.50. The van der Waals surface area contributed by atoms with Gasteiger partial charge in [0.15, 0.2) is 0 Å². The third-order valence-electron chi connectivity index (χ3n) is 3.76. The quantitative estimate of drug-likeness (QED) is 0.685. The van der Waals surface area contributed by atoms with Crippen molar-refractivity contribution in [1.29, 1.82) is 0 Å². The van der Waals surface area contributed by atoms with Gasteiger partial charge in [-0.05, 0) is 37.9 Å². The van der Waals surface area contributed by atoms with Crippen molar-refractivity contribution in [3.05, 3.63) is 35.4 Å². The van der Waals surface area contributed by atoms with Gasteiger partial charge in [-0.2, -0.15) is 0 Å². The molecule has 3 N–H and O–H groups in total. The van der Waals surface area contributed by atoms with E-state index in [9.17, 15) is 9.59 Å². The smallest absolute Gasteiger partial charge is 0.252 e. The molecule has 0 aromatic heterocycles. The Morgan fingerprint density at radius 3 is 2.35 bits per heavy atom. The third-order valence-corrected chi connectivity index (χ3v) is 3.76. The molecule has 0 radical (unpaired) electrons. The van der Waals surface area contributed by atoms with Crippen LogP contribution in [0.1, 0.15) is 43.6 Å². The molecule has 1 aromatic rings. The van der Waals surface area contributed by atoms with Crippen LogP contribution < -0.4 is 16.0 Å². The van der Waals surface area contributed by atoms with Crippen molar-refractivity contribution in [3.63, 3.8) is 0 Å². The van der Waals surface area contributed by atoms with Crippen LogP contribution in [0, 0.1) is 12.8 Å². The molecule has 0 saturated heterocycles. The van der Waals surface area contributed by atoms with Crippen molar-refractivity contribution in [1.82, 2.24) is 16.0 Å². The molecule has 2 amide bonds. The van der Waals surface area contributed by atoms with Crippen LogP contribution in [-0.4, -0.2) is 37.0 Å². The van der Waals surface area contributed by atoms with Gasteiger partial charge in [0.25, 0.3) is 5.91 Å². The second kappa shape index (κ2) is 9.30. The van der Waals surface area contributed by atoms with Crippen LogP contribution in [-0.2, 0) is 4.79 Å². The number of hydrogen-bond acceptors (Lipinski definition) is 3. The minimum absolute atomic E-state index is 0.0115. The van der Waals surface area contributed by atoms with Gasteiger partial charge in [0, 0.05) is 18.2 Å². The summed E-state index contributed by atoms with van der Waals surface area (Å²) in [7, 11) is 0. The van der Waals surface area contributed by atoms with Crippen molar-refractivity contribution in [3.8, 4) is 0 Å². The molecular formula is C18H29N3O2. The fraction of sp³-hybridized carbons (Fsp3) is 0.556. The van der Waals surface area contributed by atoms with Crippen LogP contribution >= 0.6 is 0 Å². The third kappa shape index (κ3) is 6.02. The zero-order valence-corrected chi connectivity index (χ0v) is 14.8. The molecule has 0 bridgehead atoms. The zero-order chi connectivity index (χ0) is 17.4. The fourth-order valence-corrected chi connectivity index (χ4v) is 2.37. The molecule has 1 unspecified atom stereocenters. The van der Waals surface area contributed by atoms with E-state index in [0.717, 1.165) is 12.1 Å². The van der Waals surface area contributed by atoms with Crippen molar-refractivity contribution >= 4 is 11.8 Å². The van der Waals surface area contributed by atoms with Gasteiger partial charge in [0.05, 0.1) is 0 Å². The van der Waals surface area contributed by atoms with Gasteiger partial charge >= 0.3 is 0 Å². The van der Waals surface area contributed by atoms with Crippen LogP contribution in [0.2, 0.25) is 0 Å². The Labute approximate surface area is 139 Å². The van der Waals surface area contributed by atoms with Crippen LogP contribution in [0.4, 0.5) is 0 Å². The van der Waals surface area contributed by atoms with Crippen LogP contribution in [0.25, 0.3) is 0 Å². The minimum Gasteiger partial charge on any atom is -0.353 e. The summed E-state index contributed by atoms with van der Waals surface area (Å²) in [6.07, 6.45) is 0. The van der Waals surface area contributed by atoms with E-state index in [4.69, 9.17) is 0 Å². The number of aryl methyl sites for hydroxylation is 1. The summed E-state index contributed by atoms with van der Waals surface area (Å²) in [5.41, 5.74) is 1.50. The molecule has 5 nitrogen and oxygen atoms in total. The molecule has 0 saturated carbocycles. The van der Waals surface area contributed by atoms with E-state index in [-0.39, 0.29) is 23.8 Å². The Hall–Kier alpha value is -1.88. The molecule has 1 aromatic carbocycles. The Bertz CT molecular complexity index is 529. The number of carbonyl (C=O) groups excluding carboxylic acids is 2. The number of rotatable bonds is 8. The second-order valence-corrected chi connectivity index (χ2v) is 6.21. The molecule has 2 atom stereocenters. The van der Waals surface area contributed by atoms with Gasteiger partial charge in [-0.25, -0.2) is 0 Å². The number of carbonyl (C=O) groups is 2. The Morgan fingerprint density at radius 1 is 1.13 bits per heavy atom. The standard InChI is InChI=1S/C18H29N3O2/c1-6-19-14(5)11-20-18(23)16(12(2)3)21-17(22)15-10-8-7-9-13(15)4/h7-10,12,14,16,19H,6,11H2,1-5H3,(H,20,23)(H,21,22)/t14-,16?/m1/s1. The largest absolute Gasteiger partial charge is 0.353 e. The van der Waals surface area contributed by atoms with E-state index in [0.29, 0.717) is 12.1 Å². The highest BCUT2D eigenvalue weighted by atomic mass is 16.2. The highest BCUT2D eigenvalue weighted by Gasteiger charge is 2.25. The summed E-state index contributed by atoms with van der Waals surface area (Å²) in [5.74, 6) is -0.347. The zero-order valence-electron chi connectivity index (χ0n) is 14.8. The van der Waals surface area contributed by atoms with E-state index < -0.39 is 6.04 Å². The van der Waals surface area contributed by atoms with Gasteiger partial charge in [0.1, 0.15) is 6.04 Å². The Kier molecular flexibility index (Phi) is 7.75. The van der Waals surface area contributed by atoms with E-state index in [1.165, 1.54) is 0 Å². The van der Waals surface area contributed by atoms with E-state index in [1.54, 1.807) is 6.07 Å². The summed E-state index contributed by atoms with van der Waals surface area (Å²) in [6, 6.07) is 7.02. The van der Waals surface area contributed by atoms with Gasteiger partial charge in [-0.3, -0.25) is 9.59 Å². The Morgan fingerprint density at radius 2 is 1.78 bits per heavy atom. The van der Waals surface area contributed by atoms with Gasteiger partial charge in [0.2, 0.25) is 5.91 Å². The van der Waals surface area contributed by atoms with E-state index >= 15 is 0 Å². The van der Waals surface area contributed by atoms with Crippen LogP contribution in [0.5, 0.6) is 0 Å². The monoisotopic (exact) mass is 319 g/mol. The lowest BCUT2D eigenvalue weighted by Crippen LogP contribution is -2.51. The molecule has 0 aliphatic carbocycles. The summed E-state index contributed by atoms with van der Waals surface area (Å²) < 4.78 is 0. The normalized spacial score (nSPS) is 13.5. The lowest BCUT2D eigenvalue weighted by atomic mass is 10.0. The van der Waals surface area contributed by atoms with Gasteiger partial charge < -0.3 is 16.0 Å². The van der Waals surface area contributed by atoms with Crippen LogP contribution in [0.15, 0.2) is 24.3 Å². The molecular weight excluding hydrogens is 290 g/mol. The predicted molar refractivity (Wildman–Crippen MR) is 93.4 cm³/mol. The van der Waals surface area contributed by atoms with Gasteiger partial charge in [-0.1, -0.05) is 39.0 Å². The molecule has 0 spiro atoms. The lowest BCUT2D eigenvalue weighted by molar-refractivity contribution is -0.124. The van der Waals surface area contributed by atoms with E-state index in [1.807, 2.05) is 52.8 Å². The summed E-state index contributed by atoms with van der Waals surface area (Å²) >= 11 is 0. The number of hydrogen-bond donors (Lipinski definition) is 3. The van der Waals surface area contributed by atoms with Crippen molar-refractivity contribution in [2.24, 2.45) is 5.92 Å². The van der Waals surface area contributed by atoms with Crippen molar-refractivity contribution in [2.75, 3.05) is 13.1 Å². The fourth-order valence-electron chi connectivity index (χ4n) is 2.37. The first-order valence-corrected chi connectivity index (χ1v) is 8.24. The Balaban J connectivity index is 2.69. The molecule has 0 fully saturated rings. The number of likely N-dealkylation sites (N-methyl/N-ethyl adjacent to an activating group) is 1. The van der Waals surface area contributed by atoms with Gasteiger partial charge in [-0.15, -0.1) is 0 Å². The average molecular weight is 319 g/mol. The first-order chi connectivity index (χ1) is 10.9. The minimum atomic E-state index is -0.545. The highest BCUT2D eigenvalue weighted by Crippen LogP contribution is 2.09. The first kappa shape index (κ1) is 19.2. The molecule has 128 valence electrons. The maximum atomic E-state index is 12.4. The van der Waals surface area contributed by atoms with Crippen molar-refractivity contribution < 1.29 is 9.59 Å². The van der Waals surface area contributed by atoms with Crippen molar-refractivity contribution in [2.45, 2.75) is 46.7 Å². The van der Waals surface area contributed by atoms with E-state index in [2.05, 4.69) is 16.0 Å². The maximum Gasteiger partial charge on any atom is 0.252 e. The maximum absolute atomic E-state index is 12.4. The predicted octanol–water partition coefficient (Wildman–Crippen LogP) is 1.86. The molecule has 23 heavy (non-hydrogen) atoms.